The number of nitrogens with one attached hydrogen (secondary N) is 1. The number of aromatic nitrogens is 2. The van der Waals surface area contributed by atoms with Crippen LogP contribution in [-0.4, -0.2) is 21.1 Å². The summed E-state index contributed by atoms with van der Waals surface area (Å²) in [6.45, 7) is 0. The molecule has 0 atom stereocenters. The van der Waals surface area contributed by atoms with E-state index in [1.165, 1.54) is 0 Å². The lowest BCUT2D eigenvalue weighted by atomic mass is 10.1. The third-order valence-electron chi connectivity index (χ3n) is 3.93. The van der Waals surface area contributed by atoms with Gasteiger partial charge in [-0.1, -0.05) is 6.07 Å². The van der Waals surface area contributed by atoms with E-state index >= 15 is 0 Å². The Morgan fingerprint density at radius 1 is 1.04 bits per heavy atom. The van der Waals surface area contributed by atoms with Gasteiger partial charge in [0.05, 0.1) is 5.52 Å². The molecule has 24 heavy (non-hydrogen) atoms. The van der Waals surface area contributed by atoms with Crippen LogP contribution in [0.15, 0.2) is 67.1 Å². The number of fused-ring (bicyclic) bond motifs is 2. The van der Waals surface area contributed by atoms with E-state index in [2.05, 4.69) is 4.98 Å². The van der Waals surface area contributed by atoms with Gasteiger partial charge in [-0.2, -0.15) is 0 Å². The monoisotopic (exact) mass is 318 g/mol. The summed E-state index contributed by atoms with van der Waals surface area (Å²) in [6, 6.07) is 14.5. The molecular formula is C19H14N2O3. The van der Waals surface area contributed by atoms with E-state index in [0.29, 0.717) is 11.3 Å². The van der Waals surface area contributed by atoms with Crippen molar-refractivity contribution >= 4 is 28.2 Å². The van der Waals surface area contributed by atoms with Crippen LogP contribution in [0.3, 0.4) is 0 Å². The second-order valence-electron chi connectivity index (χ2n) is 5.53. The maximum atomic E-state index is 12.3. The van der Waals surface area contributed by atoms with Gasteiger partial charge in [0.2, 0.25) is 0 Å². The summed E-state index contributed by atoms with van der Waals surface area (Å²) in [7, 11) is 0. The van der Waals surface area contributed by atoms with Gasteiger partial charge < -0.3 is 14.1 Å². The minimum Gasteiger partial charge on any atom is -0.424 e. The lowest BCUT2D eigenvalue weighted by Gasteiger charge is -2.04. The summed E-state index contributed by atoms with van der Waals surface area (Å²) >= 11 is 0. The number of rotatable bonds is 4. The number of ether oxygens (including phenoxy) is 1. The Bertz CT molecular complexity index is 1060. The Balaban J connectivity index is 1.50. The maximum absolute atomic E-state index is 12.3. The second kappa shape index (κ2) is 5.70. The van der Waals surface area contributed by atoms with Crippen molar-refractivity contribution < 1.29 is 14.3 Å². The molecule has 3 aromatic heterocycles. The topological polar surface area (TPSA) is 63.6 Å². The van der Waals surface area contributed by atoms with Crippen molar-refractivity contribution in [2.75, 3.05) is 0 Å². The van der Waals surface area contributed by atoms with E-state index in [9.17, 15) is 9.59 Å². The fraction of sp³-hybridized carbons (Fsp3) is 0.0526. The van der Waals surface area contributed by atoms with Crippen LogP contribution >= 0.6 is 0 Å². The molecule has 1 N–H and O–H groups in total. The van der Waals surface area contributed by atoms with E-state index in [1.54, 1.807) is 24.4 Å². The van der Waals surface area contributed by atoms with Crippen molar-refractivity contribution in [2.24, 2.45) is 0 Å². The molecule has 0 saturated heterocycles. The molecule has 1 aromatic carbocycles. The van der Waals surface area contributed by atoms with Crippen molar-refractivity contribution in [1.82, 2.24) is 9.38 Å². The summed E-state index contributed by atoms with van der Waals surface area (Å²) in [5.74, 6) is -0.368. The summed E-state index contributed by atoms with van der Waals surface area (Å²) in [5, 5.41) is 0.938. The highest BCUT2D eigenvalue weighted by Gasteiger charge is 2.16. The number of hydrogen-bond acceptors (Lipinski definition) is 3. The summed E-state index contributed by atoms with van der Waals surface area (Å²) < 4.78 is 7.20. The standard InChI is InChI=1S/C19H14N2O3/c22-17(14-4-5-15-13(11-14)6-8-20-15)12-19(23)24-18-7-10-21-9-2-1-3-16(18)21/h1-11,20H,12H2. The normalized spacial score (nSPS) is 11.0. The van der Waals surface area contributed by atoms with Crippen LogP contribution in [0, 0.1) is 0 Å². The molecular weight excluding hydrogens is 304 g/mol. The number of esters is 1. The summed E-state index contributed by atoms with van der Waals surface area (Å²) in [6.07, 6.45) is 5.19. The average Bonchev–Trinajstić information content (AvgIpc) is 3.21. The molecule has 5 heteroatoms. The number of ketones is 1. The van der Waals surface area contributed by atoms with E-state index in [4.69, 9.17) is 4.74 Å². The van der Waals surface area contributed by atoms with Gasteiger partial charge in [-0.05, 0) is 42.5 Å². The zero-order valence-electron chi connectivity index (χ0n) is 12.7. The highest BCUT2D eigenvalue weighted by molar-refractivity contribution is 6.08. The fourth-order valence-corrected chi connectivity index (χ4v) is 2.73. The van der Waals surface area contributed by atoms with Gasteiger partial charge in [0.1, 0.15) is 6.42 Å². The Morgan fingerprint density at radius 2 is 1.96 bits per heavy atom. The van der Waals surface area contributed by atoms with Crippen molar-refractivity contribution in [3.8, 4) is 5.75 Å². The molecule has 0 aliphatic carbocycles. The number of pyridine rings is 1. The average molecular weight is 318 g/mol. The highest BCUT2D eigenvalue weighted by atomic mass is 16.5. The Hall–Kier alpha value is -3.34. The molecule has 0 unspecified atom stereocenters. The summed E-state index contributed by atoms with van der Waals surface area (Å²) in [4.78, 5) is 27.5. The van der Waals surface area contributed by atoms with Gasteiger partial charge in [0.15, 0.2) is 11.5 Å². The number of hydrogen-bond donors (Lipinski definition) is 1. The molecule has 0 fully saturated rings. The van der Waals surface area contributed by atoms with Crippen LogP contribution < -0.4 is 4.74 Å². The number of Topliss-reactive ketones (excluding diaryl/α,β-unsaturated/α-hetero) is 1. The minimum absolute atomic E-state index is 0.258. The highest BCUT2D eigenvalue weighted by Crippen LogP contribution is 2.21. The molecule has 4 aromatic rings. The first kappa shape index (κ1) is 14.3. The first-order chi connectivity index (χ1) is 11.7. The molecule has 0 aliphatic rings. The largest absolute Gasteiger partial charge is 0.424 e. The van der Waals surface area contributed by atoms with E-state index in [1.807, 2.05) is 47.1 Å². The molecule has 118 valence electrons. The van der Waals surface area contributed by atoms with E-state index in [0.717, 1.165) is 16.4 Å². The van der Waals surface area contributed by atoms with Gasteiger partial charge >= 0.3 is 5.97 Å². The van der Waals surface area contributed by atoms with Crippen LogP contribution in [0.1, 0.15) is 16.8 Å². The minimum atomic E-state index is -0.564. The number of H-pyrrole nitrogens is 1. The van der Waals surface area contributed by atoms with Gasteiger partial charge in [-0.15, -0.1) is 0 Å². The molecule has 0 amide bonds. The van der Waals surface area contributed by atoms with Crippen LogP contribution in [0.4, 0.5) is 0 Å². The molecule has 4 rings (SSSR count). The third-order valence-corrected chi connectivity index (χ3v) is 3.93. The van der Waals surface area contributed by atoms with Gasteiger partial charge in [-0.25, -0.2) is 0 Å². The lowest BCUT2D eigenvalue weighted by Crippen LogP contribution is -2.14. The molecule has 3 heterocycles. The van der Waals surface area contributed by atoms with Crippen molar-refractivity contribution in [1.29, 1.82) is 0 Å². The molecule has 0 saturated carbocycles. The van der Waals surface area contributed by atoms with Crippen LogP contribution in [0.5, 0.6) is 5.75 Å². The zero-order chi connectivity index (χ0) is 16.5. The molecule has 5 nitrogen and oxygen atoms in total. The zero-order valence-corrected chi connectivity index (χ0v) is 12.7. The van der Waals surface area contributed by atoms with Crippen LogP contribution in [-0.2, 0) is 4.79 Å². The first-order valence-electron chi connectivity index (χ1n) is 7.57. The lowest BCUT2D eigenvalue weighted by molar-refractivity contribution is -0.133. The second-order valence-corrected chi connectivity index (χ2v) is 5.53. The number of carbonyl (C=O) groups is 2. The predicted molar refractivity (Wildman–Crippen MR) is 90.3 cm³/mol. The van der Waals surface area contributed by atoms with Crippen molar-refractivity contribution in [2.45, 2.75) is 6.42 Å². The molecule has 0 spiro atoms. The number of carbonyl (C=O) groups excluding carboxylic acids is 2. The predicted octanol–water partition coefficient (Wildman–Crippen LogP) is 3.60. The number of benzene rings is 1. The third kappa shape index (κ3) is 2.56. The fourth-order valence-electron chi connectivity index (χ4n) is 2.73. The number of nitrogens with zero attached hydrogens (tertiary/aromatic N) is 1. The molecule has 0 radical (unpaired) electrons. The SMILES string of the molecule is O=C(CC(=O)c1ccc2[nH]ccc2c1)Oc1ccn2ccccc12. The Labute approximate surface area is 137 Å². The number of aromatic amines is 1. The van der Waals surface area contributed by atoms with Gasteiger partial charge in [0, 0.05) is 35.1 Å². The first-order valence-corrected chi connectivity index (χ1v) is 7.57. The Kier molecular flexibility index (Phi) is 3.39. The van der Waals surface area contributed by atoms with Gasteiger partial charge in [-0.3, -0.25) is 9.59 Å². The summed E-state index contributed by atoms with van der Waals surface area (Å²) in [5.41, 5.74) is 2.24. The molecule has 0 bridgehead atoms. The van der Waals surface area contributed by atoms with Crippen LogP contribution in [0.2, 0.25) is 0 Å². The smallest absolute Gasteiger partial charge is 0.319 e. The Morgan fingerprint density at radius 3 is 2.88 bits per heavy atom. The van der Waals surface area contributed by atoms with Crippen molar-refractivity contribution in [3.63, 3.8) is 0 Å². The maximum Gasteiger partial charge on any atom is 0.319 e. The van der Waals surface area contributed by atoms with Gasteiger partial charge in [0.25, 0.3) is 0 Å². The molecule has 0 aliphatic heterocycles. The van der Waals surface area contributed by atoms with E-state index < -0.39 is 5.97 Å². The van der Waals surface area contributed by atoms with Crippen LogP contribution in [0.25, 0.3) is 16.4 Å². The van der Waals surface area contributed by atoms with Crippen molar-refractivity contribution in [3.05, 3.63) is 72.7 Å². The quantitative estimate of drug-likeness (QED) is 0.355. The van der Waals surface area contributed by atoms with E-state index in [-0.39, 0.29) is 12.2 Å².